The quantitative estimate of drug-likeness (QED) is 0.629. The van der Waals surface area contributed by atoms with Crippen molar-refractivity contribution in [1.29, 1.82) is 0 Å². The lowest BCUT2D eigenvalue weighted by molar-refractivity contribution is -0.124. The normalized spacial score (nSPS) is 29.9. The Balaban J connectivity index is 2.36. The topological polar surface area (TPSA) is 61.4 Å². The van der Waals surface area contributed by atoms with Gasteiger partial charge >= 0.3 is 0 Å². The van der Waals surface area contributed by atoms with Crippen LogP contribution in [0.5, 0.6) is 0 Å². The van der Waals surface area contributed by atoms with Crippen molar-refractivity contribution in [2.24, 2.45) is 5.92 Å². The average molecular weight is 214 g/mol. The van der Waals surface area contributed by atoms with Crippen molar-refractivity contribution in [2.45, 2.75) is 45.3 Å². The zero-order chi connectivity index (χ0) is 11.5. The van der Waals surface area contributed by atoms with E-state index in [0.717, 1.165) is 13.0 Å². The van der Waals surface area contributed by atoms with Crippen LogP contribution in [0.3, 0.4) is 0 Å². The number of aliphatic hydroxyl groups is 1. The molecule has 1 saturated heterocycles. The molecular weight excluding hydrogens is 192 g/mol. The van der Waals surface area contributed by atoms with Crippen LogP contribution in [0.15, 0.2) is 0 Å². The van der Waals surface area contributed by atoms with Crippen molar-refractivity contribution in [2.75, 3.05) is 13.1 Å². The lowest BCUT2D eigenvalue weighted by Crippen LogP contribution is -2.48. The Bertz CT molecular complexity index is 229. The number of hydrogen-bond acceptors (Lipinski definition) is 3. The van der Waals surface area contributed by atoms with E-state index in [4.69, 9.17) is 0 Å². The van der Waals surface area contributed by atoms with Gasteiger partial charge in [0.1, 0.15) is 0 Å². The maximum absolute atomic E-state index is 11.7. The van der Waals surface area contributed by atoms with Crippen LogP contribution in [0.4, 0.5) is 0 Å². The fourth-order valence-corrected chi connectivity index (χ4v) is 1.70. The monoisotopic (exact) mass is 214 g/mol. The molecular formula is C11H22N2O2. The molecule has 4 heteroatoms. The van der Waals surface area contributed by atoms with E-state index in [0.29, 0.717) is 18.9 Å². The Morgan fingerprint density at radius 3 is 2.80 bits per heavy atom. The molecule has 1 aliphatic rings. The van der Waals surface area contributed by atoms with E-state index in [2.05, 4.69) is 17.6 Å². The van der Waals surface area contributed by atoms with Crippen LogP contribution in [-0.2, 0) is 4.79 Å². The molecule has 0 aromatic heterocycles. The number of carbonyl (C=O) groups excluding carboxylic acids is 1. The van der Waals surface area contributed by atoms with Gasteiger partial charge in [-0.1, -0.05) is 13.8 Å². The van der Waals surface area contributed by atoms with Gasteiger partial charge in [-0.2, -0.15) is 0 Å². The summed E-state index contributed by atoms with van der Waals surface area (Å²) in [6, 6.07) is -0.0855. The number of nitrogens with one attached hydrogen (secondary N) is 2. The highest BCUT2D eigenvalue weighted by molar-refractivity contribution is 5.82. The van der Waals surface area contributed by atoms with Crippen molar-refractivity contribution in [3.05, 3.63) is 0 Å². The van der Waals surface area contributed by atoms with Crippen LogP contribution in [0.1, 0.15) is 33.6 Å². The molecule has 1 fully saturated rings. The van der Waals surface area contributed by atoms with Crippen LogP contribution >= 0.6 is 0 Å². The molecule has 0 spiro atoms. The second kappa shape index (κ2) is 4.94. The summed E-state index contributed by atoms with van der Waals surface area (Å²) >= 11 is 0. The second-order valence-electron chi connectivity index (χ2n) is 4.77. The van der Waals surface area contributed by atoms with Gasteiger partial charge in [0.05, 0.1) is 11.6 Å². The van der Waals surface area contributed by atoms with Crippen LogP contribution in [0, 0.1) is 5.92 Å². The molecule has 0 aliphatic carbocycles. The second-order valence-corrected chi connectivity index (χ2v) is 4.77. The van der Waals surface area contributed by atoms with Crippen molar-refractivity contribution in [1.82, 2.24) is 10.6 Å². The van der Waals surface area contributed by atoms with Crippen LogP contribution in [0.2, 0.25) is 0 Å². The summed E-state index contributed by atoms with van der Waals surface area (Å²) in [6.45, 7) is 6.94. The first-order valence-electron chi connectivity index (χ1n) is 5.70. The van der Waals surface area contributed by atoms with Gasteiger partial charge in [0, 0.05) is 6.54 Å². The summed E-state index contributed by atoms with van der Waals surface area (Å²) in [7, 11) is 0. The lowest BCUT2D eigenvalue weighted by Gasteiger charge is -2.23. The molecule has 4 nitrogen and oxygen atoms in total. The number of amides is 1. The molecule has 3 atom stereocenters. The Morgan fingerprint density at radius 1 is 1.67 bits per heavy atom. The fraction of sp³-hybridized carbons (Fsp3) is 0.909. The molecule has 3 N–H and O–H groups in total. The number of hydrogen-bond donors (Lipinski definition) is 3. The van der Waals surface area contributed by atoms with Crippen LogP contribution in [-0.4, -0.2) is 35.7 Å². The Morgan fingerprint density at radius 2 is 2.33 bits per heavy atom. The third-order valence-electron chi connectivity index (χ3n) is 3.22. The smallest absolute Gasteiger partial charge is 0.237 e. The largest absolute Gasteiger partial charge is 0.388 e. The summed E-state index contributed by atoms with van der Waals surface area (Å²) < 4.78 is 0. The minimum absolute atomic E-state index is 0.00808. The van der Waals surface area contributed by atoms with Crippen molar-refractivity contribution in [3.8, 4) is 0 Å². The van der Waals surface area contributed by atoms with Crippen LogP contribution < -0.4 is 10.6 Å². The first kappa shape index (κ1) is 12.5. The predicted octanol–water partition coefficient (Wildman–Crippen LogP) is 0.262. The van der Waals surface area contributed by atoms with Gasteiger partial charge < -0.3 is 15.7 Å². The minimum Gasteiger partial charge on any atom is -0.388 e. The highest BCUT2D eigenvalue weighted by Crippen LogP contribution is 2.14. The molecule has 0 bridgehead atoms. The molecule has 1 amide bonds. The van der Waals surface area contributed by atoms with E-state index in [-0.39, 0.29) is 11.9 Å². The van der Waals surface area contributed by atoms with Gasteiger partial charge in [0.2, 0.25) is 5.91 Å². The standard InChI is InChI=1S/C11H22N2O2/c1-4-11(3,15)7-13-10(14)9-8(2)5-6-12-9/h8-9,12,15H,4-7H2,1-3H3,(H,13,14). The van der Waals surface area contributed by atoms with Crippen molar-refractivity contribution >= 4 is 5.91 Å². The summed E-state index contributed by atoms with van der Waals surface area (Å²) in [5.41, 5.74) is -0.794. The molecule has 3 unspecified atom stereocenters. The van der Waals surface area contributed by atoms with E-state index < -0.39 is 5.60 Å². The fourth-order valence-electron chi connectivity index (χ4n) is 1.70. The highest BCUT2D eigenvalue weighted by atomic mass is 16.3. The SMILES string of the molecule is CCC(C)(O)CNC(=O)C1NCCC1C. The minimum atomic E-state index is -0.794. The van der Waals surface area contributed by atoms with E-state index in [9.17, 15) is 9.90 Å². The molecule has 0 saturated carbocycles. The Hall–Kier alpha value is -0.610. The maximum atomic E-state index is 11.7. The Labute approximate surface area is 91.4 Å². The molecule has 0 radical (unpaired) electrons. The molecule has 1 rings (SSSR count). The van der Waals surface area contributed by atoms with E-state index >= 15 is 0 Å². The third-order valence-corrected chi connectivity index (χ3v) is 3.22. The zero-order valence-corrected chi connectivity index (χ0v) is 9.84. The summed E-state index contributed by atoms with van der Waals surface area (Å²) in [5.74, 6) is 0.394. The van der Waals surface area contributed by atoms with Gasteiger partial charge in [0.15, 0.2) is 0 Å². The molecule has 0 aromatic carbocycles. The zero-order valence-electron chi connectivity index (χ0n) is 9.84. The first-order chi connectivity index (χ1) is 6.96. The average Bonchev–Trinajstić information content (AvgIpc) is 2.61. The molecule has 88 valence electrons. The highest BCUT2D eigenvalue weighted by Gasteiger charge is 2.30. The first-order valence-corrected chi connectivity index (χ1v) is 5.70. The van der Waals surface area contributed by atoms with E-state index in [1.165, 1.54) is 0 Å². The van der Waals surface area contributed by atoms with Gasteiger partial charge in [-0.15, -0.1) is 0 Å². The van der Waals surface area contributed by atoms with Gasteiger partial charge in [-0.3, -0.25) is 4.79 Å². The molecule has 1 aliphatic heterocycles. The molecule has 15 heavy (non-hydrogen) atoms. The molecule has 0 aromatic rings. The van der Waals surface area contributed by atoms with Crippen LogP contribution in [0.25, 0.3) is 0 Å². The lowest BCUT2D eigenvalue weighted by atomic mass is 10.0. The third kappa shape index (κ3) is 3.47. The summed E-state index contributed by atoms with van der Waals surface area (Å²) in [5, 5.41) is 15.7. The van der Waals surface area contributed by atoms with E-state index in [1.807, 2.05) is 6.92 Å². The van der Waals surface area contributed by atoms with Crippen molar-refractivity contribution < 1.29 is 9.90 Å². The van der Waals surface area contributed by atoms with Gasteiger partial charge in [-0.05, 0) is 32.2 Å². The maximum Gasteiger partial charge on any atom is 0.237 e. The van der Waals surface area contributed by atoms with Crippen molar-refractivity contribution in [3.63, 3.8) is 0 Å². The summed E-state index contributed by atoms with van der Waals surface area (Å²) in [4.78, 5) is 11.7. The van der Waals surface area contributed by atoms with Gasteiger partial charge in [0.25, 0.3) is 0 Å². The number of carbonyl (C=O) groups is 1. The summed E-state index contributed by atoms with van der Waals surface area (Å²) in [6.07, 6.45) is 1.68. The number of rotatable bonds is 4. The predicted molar refractivity (Wildman–Crippen MR) is 59.5 cm³/mol. The molecule has 1 heterocycles. The van der Waals surface area contributed by atoms with E-state index in [1.54, 1.807) is 6.92 Å². The van der Waals surface area contributed by atoms with Gasteiger partial charge in [-0.25, -0.2) is 0 Å². The Kier molecular flexibility index (Phi) is 4.11.